The molecule has 0 bridgehead atoms. The van der Waals surface area contributed by atoms with Gasteiger partial charge in [-0.15, -0.1) is 5.10 Å². The molecule has 1 atom stereocenters. The van der Waals surface area contributed by atoms with E-state index in [0.29, 0.717) is 28.7 Å². The molecule has 0 saturated heterocycles. The standard InChI is InChI=1S/C26H24ClF3N8O/c1-25(2,3)13-34-21-14(10-31)11-33-22-17(21)8-15(28)9-19(22)35-23(16-6-4-5-7-18(16)27)20-12-38(37-36-20)26(29,30)24(32)39/h4-9,11-12,23,35H,13H2,1-3H3,(H2,32,39)(H,33,34)/t23-/m0/s1. The van der Waals surface area contributed by atoms with E-state index in [1.165, 1.54) is 18.3 Å². The SMILES string of the molecule is CC(C)(C)CNc1c(C#N)cnc2c(N[C@H](c3cn(C(F)(F)C(N)=O)nn3)c3ccccc3Cl)cc(F)cc12. The van der Waals surface area contributed by atoms with Crippen LogP contribution < -0.4 is 16.4 Å². The number of nitrogens with one attached hydrogen (secondary N) is 2. The molecule has 0 fully saturated rings. The lowest BCUT2D eigenvalue weighted by atomic mass is 9.96. The Balaban J connectivity index is 1.87. The molecule has 39 heavy (non-hydrogen) atoms. The fourth-order valence-corrected chi connectivity index (χ4v) is 4.09. The number of anilines is 2. The Kier molecular flexibility index (Phi) is 7.39. The van der Waals surface area contributed by atoms with Crippen molar-refractivity contribution in [3.63, 3.8) is 0 Å². The second-order valence-corrected chi connectivity index (χ2v) is 10.4. The van der Waals surface area contributed by atoms with Crippen LogP contribution in [0.15, 0.2) is 48.8 Å². The minimum Gasteiger partial charge on any atom is -0.383 e. The number of benzene rings is 2. The number of nitrogens with two attached hydrogens (primary N) is 1. The lowest BCUT2D eigenvalue weighted by Crippen LogP contribution is -2.39. The third-order valence-electron chi connectivity index (χ3n) is 5.76. The quantitative estimate of drug-likeness (QED) is 0.272. The number of halogens is 4. The van der Waals surface area contributed by atoms with Crippen LogP contribution in [0.25, 0.3) is 10.9 Å². The van der Waals surface area contributed by atoms with Crippen molar-refractivity contribution >= 4 is 39.8 Å². The van der Waals surface area contributed by atoms with E-state index in [-0.39, 0.29) is 32.1 Å². The maximum absolute atomic E-state index is 15.0. The van der Waals surface area contributed by atoms with Gasteiger partial charge in [0.05, 0.1) is 34.7 Å². The third-order valence-corrected chi connectivity index (χ3v) is 6.10. The first kappa shape index (κ1) is 27.7. The van der Waals surface area contributed by atoms with Crippen LogP contribution in [0.4, 0.5) is 24.5 Å². The van der Waals surface area contributed by atoms with Crippen molar-refractivity contribution in [3.05, 3.63) is 76.5 Å². The first-order chi connectivity index (χ1) is 18.3. The first-order valence-electron chi connectivity index (χ1n) is 11.7. The van der Waals surface area contributed by atoms with Gasteiger partial charge in [-0.2, -0.15) is 18.7 Å². The van der Waals surface area contributed by atoms with Crippen molar-refractivity contribution in [2.75, 3.05) is 17.2 Å². The number of aromatic nitrogens is 4. The highest BCUT2D eigenvalue weighted by molar-refractivity contribution is 6.31. The van der Waals surface area contributed by atoms with E-state index in [4.69, 9.17) is 17.3 Å². The van der Waals surface area contributed by atoms with Crippen LogP contribution in [0.5, 0.6) is 0 Å². The zero-order valence-corrected chi connectivity index (χ0v) is 21.9. The second kappa shape index (κ2) is 10.4. The zero-order valence-electron chi connectivity index (χ0n) is 21.1. The van der Waals surface area contributed by atoms with Crippen molar-refractivity contribution in [2.24, 2.45) is 11.1 Å². The Hall–Kier alpha value is -4.37. The molecule has 0 unspecified atom stereocenters. The van der Waals surface area contributed by atoms with Crippen LogP contribution in [0.2, 0.25) is 5.02 Å². The average Bonchev–Trinajstić information content (AvgIpc) is 3.36. The summed E-state index contributed by atoms with van der Waals surface area (Å²) in [5, 5.41) is 23.8. The number of primary amides is 1. The molecule has 0 saturated carbocycles. The third kappa shape index (κ3) is 5.73. The van der Waals surface area contributed by atoms with Gasteiger partial charge in [-0.1, -0.05) is 55.8 Å². The topological polar surface area (TPSA) is 135 Å². The molecule has 0 radical (unpaired) electrons. The minimum atomic E-state index is -4.13. The first-order valence-corrected chi connectivity index (χ1v) is 12.1. The molecule has 2 aromatic carbocycles. The van der Waals surface area contributed by atoms with Gasteiger partial charge >= 0.3 is 12.0 Å². The number of carbonyl (C=O) groups excluding carboxylic acids is 1. The van der Waals surface area contributed by atoms with Crippen LogP contribution in [-0.4, -0.2) is 32.4 Å². The van der Waals surface area contributed by atoms with E-state index in [9.17, 15) is 23.2 Å². The number of hydrogen-bond donors (Lipinski definition) is 3. The number of hydrogen-bond acceptors (Lipinski definition) is 7. The molecular formula is C26H24ClF3N8O. The number of fused-ring (bicyclic) bond motifs is 1. The molecule has 0 aliphatic carbocycles. The summed E-state index contributed by atoms with van der Waals surface area (Å²) in [5.74, 6) is -2.55. The van der Waals surface area contributed by atoms with E-state index >= 15 is 0 Å². The highest BCUT2D eigenvalue weighted by atomic mass is 35.5. The van der Waals surface area contributed by atoms with Crippen LogP contribution in [0.3, 0.4) is 0 Å². The van der Waals surface area contributed by atoms with Crippen molar-refractivity contribution in [3.8, 4) is 6.07 Å². The van der Waals surface area contributed by atoms with Crippen molar-refractivity contribution in [1.29, 1.82) is 5.26 Å². The van der Waals surface area contributed by atoms with Crippen molar-refractivity contribution < 1.29 is 18.0 Å². The fraction of sp³-hybridized carbons (Fsp3) is 0.269. The Labute approximate surface area is 226 Å². The summed E-state index contributed by atoms with van der Waals surface area (Å²) in [6, 6.07) is 5.92. The second-order valence-electron chi connectivity index (χ2n) is 10.0. The molecule has 2 aromatic heterocycles. The smallest absolute Gasteiger partial charge is 0.383 e. The molecule has 2 heterocycles. The van der Waals surface area contributed by atoms with Crippen molar-refractivity contribution in [2.45, 2.75) is 32.9 Å². The lowest BCUT2D eigenvalue weighted by Gasteiger charge is -2.23. The monoisotopic (exact) mass is 556 g/mol. The predicted octanol–water partition coefficient (Wildman–Crippen LogP) is 5.18. The molecule has 4 N–H and O–H groups in total. The highest BCUT2D eigenvalue weighted by Crippen LogP contribution is 2.37. The number of alkyl halides is 2. The Bertz CT molecular complexity index is 1590. The Morgan fingerprint density at radius 1 is 1.26 bits per heavy atom. The summed E-state index contributed by atoms with van der Waals surface area (Å²) >= 11 is 6.43. The molecular weight excluding hydrogens is 533 g/mol. The normalized spacial score (nSPS) is 12.7. The molecule has 0 spiro atoms. The van der Waals surface area contributed by atoms with Gasteiger partial charge in [-0.3, -0.25) is 9.78 Å². The van der Waals surface area contributed by atoms with Gasteiger partial charge in [0.25, 0.3) is 0 Å². The number of amides is 1. The predicted molar refractivity (Wildman–Crippen MR) is 141 cm³/mol. The molecule has 0 aliphatic heterocycles. The Morgan fingerprint density at radius 3 is 2.62 bits per heavy atom. The average molecular weight is 557 g/mol. The maximum Gasteiger partial charge on any atom is 0.423 e. The summed E-state index contributed by atoms with van der Waals surface area (Å²) < 4.78 is 43.5. The van der Waals surface area contributed by atoms with Crippen LogP contribution >= 0.6 is 11.6 Å². The van der Waals surface area contributed by atoms with Gasteiger partial charge in [0.15, 0.2) is 0 Å². The highest BCUT2D eigenvalue weighted by Gasteiger charge is 2.41. The molecule has 4 aromatic rings. The van der Waals surface area contributed by atoms with E-state index in [1.54, 1.807) is 24.3 Å². The van der Waals surface area contributed by atoms with Gasteiger partial charge in [-0.05, 0) is 29.2 Å². The fourth-order valence-electron chi connectivity index (χ4n) is 3.84. The summed E-state index contributed by atoms with van der Waals surface area (Å²) in [6.07, 6.45) is 2.22. The van der Waals surface area contributed by atoms with Gasteiger partial charge in [0.2, 0.25) is 0 Å². The van der Waals surface area contributed by atoms with E-state index in [2.05, 4.69) is 32.0 Å². The summed E-state index contributed by atoms with van der Waals surface area (Å²) in [5.41, 5.74) is 6.14. The maximum atomic E-state index is 15.0. The van der Waals surface area contributed by atoms with Gasteiger partial charge in [0.1, 0.15) is 17.6 Å². The lowest BCUT2D eigenvalue weighted by molar-refractivity contribution is -0.159. The summed E-state index contributed by atoms with van der Waals surface area (Å²) in [4.78, 5) is 15.6. The van der Waals surface area contributed by atoms with Crippen molar-refractivity contribution in [1.82, 2.24) is 20.0 Å². The van der Waals surface area contributed by atoms with E-state index in [1.807, 2.05) is 20.8 Å². The van der Waals surface area contributed by atoms with Gasteiger partial charge in [0, 0.05) is 23.2 Å². The minimum absolute atomic E-state index is 0.0475. The molecule has 13 heteroatoms. The number of pyridine rings is 1. The molecule has 4 rings (SSSR count). The van der Waals surface area contributed by atoms with E-state index < -0.39 is 23.8 Å². The number of carbonyl (C=O) groups is 1. The Morgan fingerprint density at radius 2 is 1.97 bits per heavy atom. The summed E-state index contributed by atoms with van der Waals surface area (Å²) in [6.45, 7) is 6.50. The molecule has 9 nitrogen and oxygen atoms in total. The summed E-state index contributed by atoms with van der Waals surface area (Å²) in [7, 11) is 0. The van der Waals surface area contributed by atoms with Gasteiger partial charge < -0.3 is 16.4 Å². The van der Waals surface area contributed by atoms with Gasteiger partial charge in [-0.25, -0.2) is 4.39 Å². The van der Waals surface area contributed by atoms with Crippen LogP contribution in [0.1, 0.15) is 43.6 Å². The largest absolute Gasteiger partial charge is 0.423 e. The number of nitrogens with zero attached hydrogens (tertiary/aromatic N) is 5. The molecule has 1 amide bonds. The van der Waals surface area contributed by atoms with E-state index in [0.717, 1.165) is 6.20 Å². The molecule has 0 aliphatic rings. The number of rotatable bonds is 8. The molecule has 202 valence electrons. The van der Waals surface area contributed by atoms with Crippen LogP contribution in [-0.2, 0) is 10.8 Å². The zero-order chi connectivity index (χ0) is 28.5. The number of nitriles is 1. The van der Waals surface area contributed by atoms with Crippen LogP contribution in [0, 0.1) is 22.6 Å².